The zero-order valence-corrected chi connectivity index (χ0v) is 17.5. The van der Waals surface area contributed by atoms with Crippen LogP contribution >= 0.6 is 0 Å². The molecule has 0 saturated heterocycles. The summed E-state index contributed by atoms with van der Waals surface area (Å²) in [6.07, 6.45) is 0.469. The zero-order chi connectivity index (χ0) is 21.3. The number of ether oxygens (including phenoxy) is 1. The van der Waals surface area contributed by atoms with Crippen LogP contribution in [0.15, 0.2) is 78.9 Å². The summed E-state index contributed by atoms with van der Waals surface area (Å²) >= 11 is 0. The zero-order valence-electron chi connectivity index (χ0n) is 17.5. The Balaban J connectivity index is 2.04. The molecule has 0 radical (unpaired) electrons. The van der Waals surface area contributed by atoms with Gasteiger partial charge in [-0.05, 0) is 72.6 Å². The average molecular weight is 406 g/mol. The highest BCUT2D eigenvalue weighted by Crippen LogP contribution is 2.35. The highest BCUT2D eigenvalue weighted by Gasteiger charge is 2.14. The number of hydrogen-bond acceptors (Lipinski definition) is 3. The first-order chi connectivity index (χ1) is 14.6. The van der Waals surface area contributed by atoms with Crippen LogP contribution in [0.2, 0.25) is 0 Å². The van der Waals surface area contributed by atoms with Gasteiger partial charge < -0.3 is 14.7 Å². The Hall–Kier alpha value is -2.95. The molecular formula is C26H28FNO2. The van der Waals surface area contributed by atoms with Crippen molar-refractivity contribution in [2.24, 2.45) is 0 Å². The molecule has 0 fully saturated rings. The Morgan fingerprint density at radius 3 is 2.03 bits per heavy atom. The molecule has 0 spiro atoms. The van der Waals surface area contributed by atoms with E-state index >= 15 is 0 Å². The summed E-state index contributed by atoms with van der Waals surface area (Å²) in [5.41, 5.74) is 4.97. The van der Waals surface area contributed by atoms with Crippen molar-refractivity contribution in [3.63, 3.8) is 0 Å². The van der Waals surface area contributed by atoms with Gasteiger partial charge in [-0.3, -0.25) is 0 Å². The van der Waals surface area contributed by atoms with Crippen LogP contribution in [0.5, 0.6) is 5.75 Å². The molecule has 0 aliphatic heterocycles. The first-order valence-electron chi connectivity index (χ1n) is 10.1. The first kappa shape index (κ1) is 21.8. The topological polar surface area (TPSA) is 32.7 Å². The molecule has 3 rings (SSSR count). The molecule has 0 aliphatic carbocycles. The lowest BCUT2D eigenvalue weighted by molar-refractivity contribution is 0.261. The number of benzene rings is 3. The molecule has 3 aromatic carbocycles. The van der Waals surface area contributed by atoms with Crippen molar-refractivity contribution in [2.75, 3.05) is 33.9 Å². The van der Waals surface area contributed by atoms with Gasteiger partial charge in [0, 0.05) is 13.2 Å². The quantitative estimate of drug-likeness (QED) is 0.502. The third kappa shape index (κ3) is 5.78. The number of aliphatic hydroxyl groups is 1. The van der Waals surface area contributed by atoms with E-state index in [0.717, 1.165) is 40.1 Å². The van der Waals surface area contributed by atoms with Gasteiger partial charge >= 0.3 is 0 Å². The minimum absolute atomic E-state index is 0.00870. The minimum Gasteiger partial charge on any atom is -0.492 e. The van der Waals surface area contributed by atoms with Gasteiger partial charge in [-0.15, -0.1) is 0 Å². The number of nitrogens with zero attached hydrogens (tertiary/aromatic N) is 1. The van der Waals surface area contributed by atoms with E-state index in [1.54, 1.807) is 12.1 Å². The summed E-state index contributed by atoms with van der Waals surface area (Å²) in [7, 11) is 4.03. The highest BCUT2D eigenvalue weighted by molar-refractivity contribution is 5.98. The number of likely N-dealkylation sites (N-methyl/N-ethyl adjacent to an activating group) is 1. The first-order valence-corrected chi connectivity index (χ1v) is 10.1. The van der Waals surface area contributed by atoms with Crippen molar-refractivity contribution >= 4 is 11.1 Å². The summed E-state index contributed by atoms with van der Waals surface area (Å²) in [6.45, 7) is 1.48. The summed E-state index contributed by atoms with van der Waals surface area (Å²) in [5.74, 6) is 0.543. The van der Waals surface area contributed by atoms with Gasteiger partial charge in [0.2, 0.25) is 0 Å². The van der Waals surface area contributed by atoms with Gasteiger partial charge in [0.25, 0.3) is 0 Å². The lowest BCUT2D eigenvalue weighted by Crippen LogP contribution is -2.19. The molecule has 3 aromatic rings. The average Bonchev–Trinajstić information content (AvgIpc) is 2.76. The van der Waals surface area contributed by atoms with E-state index in [1.807, 2.05) is 56.6 Å². The van der Waals surface area contributed by atoms with E-state index in [4.69, 9.17) is 4.74 Å². The van der Waals surface area contributed by atoms with Crippen LogP contribution < -0.4 is 4.74 Å². The number of aliphatic hydroxyl groups excluding tert-OH is 1. The van der Waals surface area contributed by atoms with Gasteiger partial charge in [-0.1, -0.05) is 54.6 Å². The fourth-order valence-electron chi connectivity index (χ4n) is 3.36. The second-order valence-electron chi connectivity index (χ2n) is 7.38. The molecule has 0 atom stereocenters. The Morgan fingerprint density at radius 2 is 1.43 bits per heavy atom. The Morgan fingerprint density at radius 1 is 0.833 bits per heavy atom. The molecule has 0 heterocycles. The van der Waals surface area contributed by atoms with Crippen LogP contribution in [-0.2, 0) is 0 Å². The van der Waals surface area contributed by atoms with Crippen molar-refractivity contribution in [1.29, 1.82) is 0 Å². The van der Waals surface area contributed by atoms with Gasteiger partial charge in [0.1, 0.15) is 18.2 Å². The van der Waals surface area contributed by atoms with Gasteiger partial charge in [0.15, 0.2) is 0 Å². The molecular weight excluding hydrogens is 377 g/mol. The van der Waals surface area contributed by atoms with Crippen LogP contribution in [0.25, 0.3) is 11.1 Å². The summed E-state index contributed by atoms with van der Waals surface area (Å²) in [6, 6.07) is 24.5. The van der Waals surface area contributed by atoms with Gasteiger partial charge in [-0.25, -0.2) is 4.39 Å². The lowest BCUT2D eigenvalue weighted by Gasteiger charge is -2.17. The summed E-state index contributed by atoms with van der Waals surface area (Å²) in [5, 5.41) is 9.75. The Labute approximate surface area is 178 Å². The van der Waals surface area contributed by atoms with E-state index in [9.17, 15) is 9.50 Å². The number of rotatable bonds is 9. The third-order valence-corrected chi connectivity index (χ3v) is 4.87. The van der Waals surface area contributed by atoms with Crippen LogP contribution in [0, 0.1) is 5.82 Å². The minimum atomic E-state index is -0.275. The van der Waals surface area contributed by atoms with E-state index in [2.05, 4.69) is 17.0 Å². The van der Waals surface area contributed by atoms with Gasteiger partial charge in [-0.2, -0.15) is 0 Å². The Bertz CT molecular complexity index is 949. The monoisotopic (exact) mass is 405 g/mol. The highest BCUT2D eigenvalue weighted by atomic mass is 19.1. The van der Waals surface area contributed by atoms with E-state index < -0.39 is 0 Å². The molecule has 30 heavy (non-hydrogen) atoms. The van der Waals surface area contributed by atoms with E-state index in [1.165, 1.54) is 12.1 Å². The van der Waals surface area contributed by atoms with Crippen molar-refractivity contribution in [2.45, 2.75) is 6.42 Å². The summed E-state index contributed by atoms with van der Waals surface area (Å²) in [4.78, 5) is 2.08. The lowest BCUT2D eigenvalue weighted by atomic mass is 9.88. The van der Waals surface area contributed by atoms with Crippen LogP contribution in [0.1, 0.15) is 23.1 Å². The van der Waals surface area contributed by atoms with Crippen molar-refractivity contribution < 1.29 is 14.2 Å². The van der Waals surface area contributed by atoms with Crippen molar-refractivity contribution in [3.8, 4) is 5.75 Å². The van der Waals surface area contributed by atoms with Crippen LogP contribution in [-0.4, -0.2) is 43.9 Å². The molecule has 4 heteroatoms. The largest absolute Gasteiger partial charge is 0.492 e. The smallest absolute Gasteiger partial charge is 0.123 e. The second kappa shape index (κ2) is 10.7. The predicted octanol–water partition coefficient (Wildman–Crippen LogP) is 5.11. The van der Waals surface area contributed by atoms with Crippen molar-refractivity contribution in [3.05, 3.63) is 101 Å². The molecule has 0 aliphatic rings. The maximum Gasteiger partial charge on any atom is 0.123 e. The summed E-state index contributed by atoms with van der Waals surface area (Å²) < 4.78 is 19.3. The fraction of sp³-hybridized carbons (Fsp3) is 0.231. The Kier molecular flexibility index (Phi) is 7.77. The molecule has 0 bridgehead atoms. The fourth-order valence-corrected chi connectivity index (χ4v) is 3.36. The molecule has 3 nitrogen and oxygen atoms in total. The second-order valence-corrected chi connectivity index (χ2v) is 7.38. The number of halogens is 1. The molecule has 0 amide bonds. The normalized spacial score (nSPS) is 12.0. The van der Waals surface area contributed by atoms with Gasteiger partial charge in [0.05, 0.1) is 0 Å². The van der Waals surface area contributed by atoms with E-state index in [-0.39, 0.29) is 12.4 Å². The van der Waals surface area contributed by atoms with Crippen LogP contribution in [0.4, 0.5) is 4.39 Å². The van der Waals surface area contributed by atoms with E-state index in [0.29, 0.717) is 13.0 Å². The molecule has 1 N–H and O–H groups in total. The maximum absolute atomic E-state index is 13.5. The molecule has 0 unspecified atom stereocenters. The third-order valence-electron chi connectivity index (χ3n) is 4.87. The molecule has 0 saturated carbocycles. The maximum atomic E-state index is 13.5. The predicted molar refractivity (Wildman–Crippen MR) is 121 cm³/mol. The van der Waals surface area contributed by atoms with Crippen LogP contribution in [0.3, 0.4) is 0 Å². The standard InChI is InChI=1S/C26H28FNO2/c1-28(2)17-19-30-24-14-10-22(11-15-24)26(21-6-4-3-5-7-21)25(16-18-29)20-8-12-23(27)13-9-20/h3-15,29H,16-19H2,1-2H3. The molecule has 156 valence electrons. The molecule has 0 aromatic heterocycles. The SMILES string of the molecule is CN(C)CCOc1ccc(C(=C(CCO)c2ccc(F)cc2)c2ccccc2)cc1. The number of hydrogen-bond donors (Lipinski definition) is 1. The van der Waals surface area contributed by atoms with Crippen molar-refractivity contribution in [1.82, 2.24) is 4.90 Å².